The van der Waals surface area contributed by atoms with Crippen molar-refractivity contribution in [2.45, 2.75) is 46.0 Å². The van der Waals surface area contributed by atoms with Gasteiger partial charge in [-0.15, -0.1) is 0 Å². The fourth-order valence-corrected chi connectivity index (χ4v) is 3.38. The molecule has 0 atom stereocenters. The summed E-state index contributed by atoms with van der Waals surface area (Å²) in [5, 5.41) is 0. The van der Waals surface area contributed by atoms with Gasteiger partial charge >= 0.3 is 0 Å². The van der Waals surface area contributed by atoms with Crippen LogP contribution in [0.3, 0.4) is 0 Å². The van der Waals surface area contributed by atoms with E-state index in [9.17, 15) is 0 Å². The molecular weight excluding hydrogens is 346 g/mol. The number of fused-ring (bicyclic) bond motifs is 1. The minimum absolute atomic E-state index is 0.763. The lowest BCUT2D eigenvalue weighted by molar-refractivity contribution is 0.229. The van der Waals surface area contributed by atoms with Crippen LogP contribution >= 0.6 is 0 Å². The highest BCUT2D eigenvalue weighted by molar-refractivity contribution is 5.79. The van der Waals surface area contributed by atoms with Gasteiger partial charge in [0.15, 0.2) is 0 Å². The number of rotatable bonds is 12. The molecule has 0 fully saturated rings. The number of ether oxygens (including phenoxy) is 1. The van der Waals surface area contributed by atoms with Crippen molar-refractivity contribution in [2.24, 2.45) is 0 Å². The summed E-state index contributed by atoms with van der Waals surface area (Å²) >= 11 is 0. The average Bonchev–Trinajstić information content (AvgIpc) is 3.17. The second-order valence-corrected chi connectivity index (χ2v) is 7.38. The number of unbranched alkanes of at least 4 members (excludes halogenated alkanes) is 2. The van der Waals surface area contributed by atoms with Gasteiger partial charge < -0.3 is 14.6 Å². The van der Waals surface area contributed by atoms with E-state index < -0.39 is 0 Å². The molecule has 3 aromatic rings. The number of aromatic nitrogens is 2. The minimum atomic E-state index is 0.763. The molecule has 0 saturated carbocycles. The Kier molecular flexibility index (Phi) is 7.92. The highest BCUT2D eigenvalue weighted by atomic mass is 16.5. The molecule has 150 valence electrons. The van der Waals surface area contributed by atoms with Crippen molar-refractivity contribution < 1.29 is 4.74 Å². The molecule has 4 nitrogen and oxygen atoms in total. The number of hydrogen-bond acceptors (Lipinski definition) is 3. The Morgan fingerprint density at radius 3 is 2.21 bits per heavy atom. The molecule has 1 heterocycles. The van der Waals surface area contributed by atoms with Gasteiger partial charge in [0.2, 0.25) is 0 Å². The molecule has 4 heteroatoms. The maximum absolute atomic E-state index is 5.96. The summed E-state index contributed by atoms with van der Waals surface area (Å²) in [6.07, 6.45) is 6.16. The fourth-order valence-electron chi connectivity index (χ4n) is 3.38. The number of aromatic amines is 1. The van der Waals surface area contributed by atoms with Gasteiger partial charge in [-0.2, -0.15) is 0 Å². The first-order valence-electron chi connectivity index (χ1n) is 10.7. The van der Waals surface area contributed by atoms with E-state index in [-0.39, 0.29) is 0 Å². The Morgan fingerprint density at radius 2 is 1.54 bits per heavy atom. The summed E-state index contributed by atoms with van der Waals surface area (Å²) < 4.78 is 5.96. The smallest absolute Gasteiger partial charge is 0.138 e. The maximum Gasteiger partial charge on any atom is 0.138 e. The summed E-state index contributed by atoms with van der Waals surface area (Å²) in [5.41, 5.74) is 3.14. The number of hydrogen-bond donors (Lipinski definition) is 1. The number of benzene rings is 2. The van der Waals surface area contributed by atoms with Crippen molar-refractivity contribution in [3.05, 3.63) is 48.5 Å². The van der Waals surface area contributed by atoms with Crippen LogP contribution in [-0.4, -0.2) is 41.1 Å². The molecule has 0 aliphatic carbocycles. The molecule has 0 saturated heterocycles. The van der Waals surface area contributed by atoms with E-state index in [2.05, 4.69) is 40.8 Å². The van der Waals surface area contributed by atoms with Gasteiger partial charge in [0.1, 0.15) is 11.6 Å². The topological polar surface area (TPSA) is 41.1 Å². The molecule has 0 radical (unpaired) electrons. The Morgan fingerprint density at radius 1 is 0.857 bits per heavy atom. The summed E-state index contributed by atoms with van der Waals surface area (Å²) in [5.74, 6) is 1.82. The predicted octanol–water partition coefficient (Wildman–Crippen LogP) is 5.90. The van der Waals surface area contributed by atoms with Crippen molar-refractivity contribution in [3.63, 3.8) is 0 Å². The Balaban J connectivity index is 1.47. The first kappa shape index (κ1) is 20.4. The van der Waals surface area contributed by atoms with Gasteiger partial charge in [0.05, 0.1) is 17.6 Å². The third-order valence-corrected chi connectivity index (χ3v) is 5.06. The monoisotopic (exact) mass is 379 g/mol. The Bertz CT molecular complexity index is 784. The third kappa shape index (κ3) is 5.83. The van der Waals surface area contributed by atoms with Gasteiger partial charge in [-0.1, -0.05) is 38.8 Å². The van der Waals surface area contributed by atoms with E-state index >= 15 is 0 Å². The van der Waals surface area contributed by atoms with Gasteiger partial charge in [-0.05, 0) is 68.8 Å². The van der Waals surface area contributed by atoms with Gasteiger partial charge in [-0.25, -0.2) is 4.98 Å². The number of H-pyrrole nitrogens is 1. The van der Waals surface area contributed by atoms with Crippen molar-refractivity contribution in [3.8, 4) is 17.1 Å². The summed E-state index contributed by atoms with van der Waals surface area (Å²) in [7, 11) is 0. The standard InChI is InChI=1S/C24H33N3O/c1-3-5-16-27(17-6-4-2)18-9-19-28-21-14-12-20(13-15-21)24-25-22-10-7-8-11-23(22)26-24/h7-8,10-15H,3-6,9,16-19H2,1-2H3,(H,25,26). The highest BCUT2D eigenvalue weighted by Crippen LogP contribution is 2.22. The molecule has 3 rings (SSSR count). The average molecular weight is 380 g/mol. The van der Waals surface area contributed by atoms with E-state index in [0.717, 1.165) is 47.7 Å². The highest BCUT2D eigenvalue weighted by Gasteiger charge is 2.06. The van der Waals surface area contributed by atoms with Crippen LogP contribution in [0.25, 0.3) is 22.4 Å². The quantitative estimate of drug-likeness (QED) is 0.398. The zero-order valence-electron chi connectivity index (χ0n) is 17.3. The van der Waals surface area contributed by atoms with Gasteiger partial charge in [-0.3, -0.25) is 0 Å². The summed E-state index contributed by atoms with van der Waals surface area (Å²) in [6.45, 7) is 8.83. The zero-order valence-corrected chi connectivity index (χ0v) is 17.3. The fraction of sp³-hybridized carbons (Fsp3) is 0.458. The molecule has 2 aromatic carbocycles. The zero-order chi connectivity index (χ0) is 19.6. The molecule has 0 bridgehead atoms. The van der Waals surface area contributed by atoms with Crippen LogP contribution in [0.1, 0.15) is 46.0 Å². The second kappa shape index (κ2) is 10.9. The van der Waals surface area contributed by atoms with Crippen molar-refractivity contribution in [2.75, 3.05) is 26.2 Å². The Labute approximate surface area is 168 Å². The van der Waals surface area contributed by atoms with Crippen LogP contribution in [0.5, 0.6) is 5.75 Å². The van der Waals surface area contributed by atoms with Crippen molar-refractivity contribution in [1.29, 1.82) is 0 Å². The number of imidazole rings is 1. The number of nitrogens with one attached hydrogen (secondary N) is 1. The van der Waals surface area contributed by atoms with E-state index in [1.165, 1.54) is 38.8 Å². The summed E-state index contributed by atoms with van der Waals surface area (Å²) in [6, 6.07) is 16.3. The van der Waals surface area contributed by atoms with Crippen LogP contribution in [0, 0.1) is 0 Å². The predicted molar refractivity (Wildman–Crippen MR) is 118 cm³/mol. The maximum atomic E-state index is 5.96. The molecule has 1 aromatic heterocycles. The van der Waals surface area contributed by atoms with Gasteiger partial charge in [0, 0.05) is 12.1 Å². The molecule has 0 unspecified atom stereocenters. The molecule has 1 N–H and O–H groups in total. The number of para-hydroxylation sites is 2. The summed E-state index contributed by atoms with van der Waals surface area (Å²) in [4.78, 5) is 10.6. The first-order valence-corrected chi connectivity index (χ1v) is 10.7. The van der Waals surface area contributed by atoms with E-state index in [1.54, 1.807) is 0 Å². The third-order valence-electron chi connectivity index (χ3n) is 5.06. The van der Waals surface area contributed by atoms with E-state index in [1.807, 2.05) is 36.4 Å². The van der Waals surface area contributed by atoms with Crippen LogP contribution in [0.2, 0.25) is 0 Å². The van der Waals surface area contributed by atoms with E-state index in [4.69, 9.17) is 4.74 Å². The lowest BCUT2D eigenvalue weighted by Crippen LogP contribution is -2.28. The molecular formula is C24H33N3O. The first-order chi connectivity index (χ1) is 13.8. The van der Waals surface area contributed by atoms with Crippen molar-refractivity contribution in [1.82, 2.24) is 14.9 Å². The van der Waals surface area contributed by atoms with Crippen LogP contribution in [0.15, 0.2) is 48.5 Å². The molecule has 0 aliphatic rings. The Hall–Kier alpha value is -2.33. The molecule has 0 amide bonds. The van der Waals surface area contributed by atoms with Crippen LogP contribution < -0.4 is 4.74 Å². The lowest BCUT2D eigenvalue weighted by Gasteiger charge is -2.21. The lowest BCUT2D eigenvalue weighted by atomic mass is 10.2. The van der Waals surface area contributed by atoms with Gasteiger partial charge in [0.25, 0.3) is 0 Å². The van der Waals surface area contributed by atoms with Crippen molar-refractivity contribution >= 4 is 11.0 Å². The second-order valence-electron chi connectivity index (χ2n) is 7.38. The molecule has 0 spiro atoms. The minimum Gasteiger partial charge on any atom is -0.494 e. The normalized spacial score (nSPS) is 11.4. The molecule has 28 heavy (non-hydrogen) atoms. The largest absolute Gasteiger partial charge is 0.494 e. The van der Waals surface area contributed by atoms with Crippen LogP contribution in [-0.2, 0) is 0 Å². The van der Waals surface area contributed by atoms with Crippen LogP contribution in [0.4, 0.5) is 0 Å². The number of nitrogens with zero attached hydrogens (tertiary/aromatic N) is 2. The SMILES string of the molecule is CCCCN(CCCC)CCCOc1ccc(-c2nc3ccccc3[nH]2)cc1. The van der Waals surface area contributed by atoms with E-state index in [0.29, 0.717) is 0 Å². The molecule has 0 aliphatic heterocycles.